The van der Waals surface area contributed by atoms with Crippen LogP contribution in [-0.4, -0.2) is 0 Å². The van der Waals surface area contributed by atoms with Gasteiger partial charge in [0.2, 0.25) is 0 Å². The SMILES string of the molecule is CC(NCc1cc(F)ccc1C#N)c1cccc(Br)c1. The third-order valence-corrected chi connectivity index (χ3v) is 3.63. The third kappa shape index (κ3) is 3.66. The van der Waals surface area contributed by atoms with Crippen molar-refractivity contribution in [2.45, 2.75) is 19.5 Å². The van der Waals surface area contributed by atoms with Gasteiger partial charge in [-0.15, -0.1) is 0 Å². The van der Waals surface area contributed by atoms with Crippen molar-refractivity contribution in [2.24, 2.45) is 0 Å². The van der Waals surface area contributed by atoms with E-state index >= 15 is 0 Å². The monoisotopic (exact) mass is 332 g/mol. The molecule has 2 nitrogen and oxygen atoms in total. The summed E-state index contributed by atoms with van der Waals surface area (Å²) in [6, 6.07) is 14.4. The smallest absolute Gasteiger partial charge is 0.123 e. The number of nitriles is 1. The zero-order valence-electron chi connectivity index (χ0n) is 11.0. The summed E-state index contributed by atoms with van der Waals surface area (Å²) < 4.78 is 14.3. The molecule has 0 aliphatic rings. The van der Waals surface area contributed by atoms with Crippen LogP contribution < -0.4 is 5.32 Å². The Bertz CT molecular complexity index is 649. The Balaban J connectivity index is 2.09. The van der Waals surface area contributed by atoms with Gasteiger partial charge in [0.05, 0.1) is 11.6 Å². The second-order valence-corrected chi connectivity index (χ2v) is 5.49. The first-order valence-corrected chi connectivity index (χ1v) is 7.07. The van der Waals surface area contributed by atoms with E-state index < -0.39 is 0 Å². The first-order valence-electron chi connectivity index (χ1n) is 6.27. The number of hydrogen-bond donors (Lipinski definition) is 1. The van der Waals surface area contributed by atoms with Crippen LogP contribution in [-0.2, 0) is 6.54 Å². The summed E-state index contributed by atoms with van der Waals surface area (Å²) in [4.78, 5) is 0. The molecule has 20 heavy (non-hydrogen) atoms. The van der Waals surface area contributed by atoms with Gasteiger partial charge in [-0.3, -0.25) is 0 Å². The Morgan fingerprint density at radius 3 is 2.80 bits per heavy atom. The van der Waals surface area contributed by atoms with E-state index in [1.165, 1.54) is 18.2 Å². The molecule has 0 spiro atoms. The lowest BCUT2D eigenvalue weighted by Gasteiger charge is -2.15. The van der Waals surface area contributed by atoms with E-state index in [1.807, 2.05) is 31.2 Å². The van der Waals surface area contributed by atoms with Gasteiger partial charge >= 0.3 is 0 Å². The maximum atomic E-state index is 13.2. The van der Waals surface area contributed by atoms with Gasteiger partial charge in [0.25, 0.3) is 0 Å². The highest BCUT2D eigenvalue weighted by atomic mass is 79.9. The van der Waals surface area contributed by atoms with Crippen LogP contribution in [0.3, 0.4) is 0 Å². The largest absolute Gasteiger partial charge is 0.306 e. The van der Waals surface area contributed by atoms with Crippen LogP contribution in [0.1, 0.15) is 29.7 Å². The highest BCUT2D eigenvalue weighted by Gasteiger charge is 2.08. The molecule has 0 bridgehead atoms. The summed E-state index contributed by atoms with van der Waals surface area (Å²) in [6.07, 6.45) is 0. The predicted molar refractivity (Wildman–Crippen MR) is 80.5 cm³/mol. The van der Waals surface area contributed by atoms with Crippen molar-refractivity contribution in [3.63, 3.8) is 0 Å². The minimum atomic E-state index is -0.323. The van der Waals surface area contributed by atoms with Crippen molar-refractivity contribution in [3.8, 4) is 6.07 Å². The summed E-state index contributed by atoms with van der Waals surface area (Å²) >= 11 is 3.44. The van der Waals surface area contributed by atoms with Crippen molar-refractivity contribution in [1.29, 1.82) is 5.26 Å². The predicted octanol–water partition coefficient (Wildman–Crippen LogP) is 4.31. The third-order valence-electron chi connectivity index (χ3n) is 3.14. The molecular weight excluding hydrogens is 319 g/mol. The van der Waals surface area contributed by atoms with Crippen LogP contribution in [0.15, 0.2) is 46.9 Å². The summed E-state index contributed by atoms with van der Waals surface area (Å²) in [6.45, 7) is 2.49. The summed E-state index contributed by atoms with van der Waals surface area (Å²) in [5.41, 5.74) is 2.31. The number of nitrogens with one attached hydrogen (secondary N) is 1. The molecule has 0 saturated heterocycles. The molecule has 0 saturated carbocycles. The van der Waals surface area contributed by atoms with E-state index in [0.717, 1.165) is 10.0 Å². The maximum absolute atomic E-state index is 13.2. The normalized spacial score (nSPS) is 11.9. The molecule has 2 aromatic rings. The van der Waals surface area contributed by atoms with Crippen molar-refractivity contribution in [2.75, 3.05) is 0 Å². The van der Waals surface area contributed by atoms with Crippen molar-refractivity contribution in [1.82, 2.24) is 5.32 Å². The molecular formula is C16H14BrFN2. The van der Waals surface area contributed by atoms with Crippen LogP contribution in [0.2, 0.25) is 0 Å². The van der Waals surface area contributed by atoms with E-state index in [4.69, 9.17) is 5.26 Å². The fourth-order valence-corrected chi connectivity index (χ4v) is 2.39. The van der Waals surface area contributed by atoms with Crippen molar-refractivity contribution < 1.29 is 4.39 Å². The molecule has 2 rings (SSSR count). The lowest BCUT2D eigenvalue weighted by molar-refractivity contribution is 0.568. The van der Waals surface area contributed by atoms with Crippen LogP contribution in [0.4, 0.5) is 4.39 Å². The summed E-state index contributed by atoms with van der Waals surface area (Å²) in [7, 11) is 0. The molecule has 1 unspecified atom stereocenters. The molecule has 0 aliphatic carbocycles. The molecule has 0 amide bonds. The second kappa shape index (κ2) is 6.65. The van der Waals surface area contributed by atoms with Gasteiger partial charge < -0.3 is 5.32 Å². The minimum absolute atomic E-state index is 0.113. The molecule has 2 aromatic carbocycles. The van der Waals surface area contributed by atoms with Crippen LogP contribution in [0.5, 0.6) is 0 Å². The molecule has 102 valence electrons. The summed E-state index contributed by atoms with van der Waals surface area (Å²) in [5, 5.41) is 12.3. The van der Waals surface area contributed by atoms with Gasteiger partial charge in [0, 0.05) is 17.1 Å². The fraction of sp³-hybridized carbons (Fsp3) is 0.188. The van der Waals surface area contributed by atoms with Gasteiger partial charge in [-0.05, 0) is 48.4 Å². The topological polar surface area (TPSA) is 35.8 Å². The van der Waals surface area contributed by atoms with E-state index in [1.54, 1.807) is 0 Å². The molecule has 0 aromatic heterocycles. The van der Waals surface area contributed by atoms with Crippen LogP contribution in [0.25, 0.3) is 0 Å². The number of benzene rings is 2. The van der Waals surface area contributed by atoms with E-state index in [-0.39, 0.29) is 11.9 Å². The van der Waals surface area contributed by atoms with Crippen LogP contribution >= 0.6 is 15.9 Å². The molecule has 1 N–H and O–H groups in total. The lowest BCUT2D eigenvalue weighted by atomic mass is 10.1. The Hall–Kier alpha value is -1.70. The number of nitrogens with zero attached hydrogens (tertiary/aromatic N) is 1. The van der Waals surface area contributed by atoms with Crippen molar-refractivity contribution in [3.05, 3.63) is 69.4 Å². The van der Waals surface area contributed by atoms with Gasteiger partial charge in [-0.2, -0.15) is 5.26 Å². The van der Waals surface area contributed by atoms with Gasteiger partial charge in [-0.25, -0.2) is 4.39 Å². The number of halogens is 2. The van der Waals surface area contributed by atoms with Crippen molar-refractivity contribution >= 4 is 15.9 Å². The molecule has 0 aliphatic heterocycles. The highest BCUT2D eigenvalue weighted by molar-refractivity contribution is 9.10. The average Bonchev–Trinajstić information content (AvgIpc) is 2.45. The Kier molecular flexibility index (Phi) is 4.89. The zero-order valence-corrected chi connectivity index (χ0v) is 12.6. The number of rotatable bonds is 4. The quantitative estimate of drug-likeness (QED) is 0.905. The molecule has 0 fully saturated rings. The molecule has 0 radical (unpaired) electrons. The average molecular weight is 333 g/mol. The highest BCUT2D eigenvalue weighted by Crippen LogP contribution is 2.19. The van der Waals surface area contributed by atoms with E-state index in [9.17, 15) is 4.39 Å². The zero-order chi connectivity index (χ0) is 14.5. The minimum Gasteiger partial charge on any atom is -0.306 e. The molecule has 0 heterocycles. The first kappa shape index (κ1) is 14.7. The number of hydrogen-bond acceptors (Lipinski definition) is 2. The second-order valence-electron chi connectivity index (χ2n) is 4.57. The van der Waals surface area contributed by atoms with Gasteiger partial charge in [0.1, 0.15) is 5.82 Å². The Labute approximate surface area is 126 Å². The summed E-state index contributed by atoms with van der Waals surface area (Å²) in [5.74, 6) is -0.323. The molecule has 1 atom stereocenters. The van der Waals surface area contributed by atoms with Gasteiger partial charge in [0.15, 0.2) is 0 Å². The Morgan fingerprint density at radius 1 is 1.30 bits per heavy atom. The Morgan fingerprint density at radius 2 is 2.10 bits per heavy atom. The molecule has 4 heteroatoms. The maximum Gasteiger partial charge on any atom is 0.123 e. The van der Waals surface area contributed by atoms with Crippen LogP contribution in [0, 0.1) is 17.1 Å². The van der Waals surface area contributed by atoms with Gasteiger partial charge in [-0.1, -0.05) is 28.1 Å². The van der Waals surface area contributed by atoms with E-state index in [2.05, 4.69) is 27.3 Å². The fourth-order valence-electron chi connectivity index (χ4n) is 1.97. The first-order chi connectivity index (χ1) is 9.60. The standard InChI is InChI=1S/C16H14BrFN2/c1-11(12-3-2-4-15(17)7-12)20-10-14-8-16(18)6-5-13(14)9-19/h2-8,11,20H,10H2,1H3. The lowest BCUT2D eigenvalue weighted by Crippen LogP contribution is -2.18. The van der Waals surface area contributed by atoms with E-state index in [0.29, 0.717) is 17.7 Å².